The number of unbranched alkanes of at least 4 members (excludes halogenated alkanes) is 1. The van der Waals surface area contributed by atoms with Crippen LogP contribution in [0.2, 0.25) is 0 Å². The van der Waals surface area contributed by atoms with Gasteiger partial charge in [0.15, 0.2) is 0 Å². The van der Waals surface area contributed by atoms with Crippen LogP contribution in [0.25, 0.3) is 12.2 Å². The number of benzene rings is 2. The lowest BCUT2D eigenvalue weighted by Crippen LogP contribution is -2.34. The number of carboxylic acid groups (broad SMARTS) is 1. The molecule has 7 nitrogen and oxygen atoms in total. The zero-order chi connectivity index (χ0) is 29.8. The van der Waals surface area contributed by atoms with Crippen molar-refractivity contribution in [2.24, 2.45) is 5.41 Å². The molecule has 3 aromatic rings. The maximum absolute atomic E-state index is 12.6. The highest BCUT2D eigenvalue weighted by Crippen LogP contribution is 2.31. The summed E-state index contributed by atoms with van der Waals surface area (Å²) in [6.45, 7) is 4.76. The summed E-state index contributed by atoms with van der Waals surface area (Å²) in [5, 5.41) is 12.5. The molecule has 1 amide bonds. The minimum Gasteiger partial charge on any atom is -0.490 e. The molecule has 0 unspecified atom stereocenters. The molecule has 0 radical (unpaired) electrons. The number of nitrogens with zero attached hydrogens (tertiary/aromatic N) is 1. The molecule has 1 aliphatic rings. The summed E-state index contributed by atoms with van der Waals surface area (Å²) < 4.78 is 11.7. The van der Waals surface area contributed by atoms with E-state index in [1.807, 2.05) is 48.6 Å². The van der Waals surface area contributed by atoms with Gasteiger partial charge in [0.2, 0.25) is 5.91 Å². The number of anilines is 1. The molecule has 1 aliphatic carbocycles. The molecule has 4 rings (SSSR count). The van der Waals surface area contributed by atoms with Gasteiger partial charge >= 0.3 is 5.97 Å². The number of rotatable bonds is 17. The highest BCUT2D eigenvalue weighted by molar-refractivity contribution is 5.94. The summed E-state index contributed by atoms with van der Waals surface area (Å²) in [4.78, 5) is 29.0. The number of aromatic nitrogens is 1. The van der Waals surface area contributed by atoms with Gasteiger partial charge in [0.25, 0.3) is 0 Å². The molecule has 0 aliphatic heterocycles. The van der Waals surface area contributed by atoms with Crippen LogP contribution in [-0.2, 0) is 27.4 Å². The van der Waals surface area contributed by atoms with Crippen LogP contribution in [0.15, 0.2) is 66.7 Å². The zero-order valence-electron chi connectivity index (χ0n) is 24.7. The van der Waals surface area contributed by atoms with Crippen molar-refractivity contribution in [3.8, 4) is 5.75 Å². The van der Waals surface area contributed by atoms with E-state index in [2.05, 4.69) is 34.6 Å². The van der Waals surface area contributed by atoms with Crippen molar-refractivity contribution in [2.75, 3.05) is 11.9 Å². The highest BCUT2D eigenvalue weighted by atomic mass is 16.5. The van der Waals surface area contributed by atoms with Gasteiger partial charge in [-0.1, -0.05) is 50.3 Å². The number of nitrogens with one attached hydrogen (secondary N) is 1. The second-order valence-electron chi connectivity index (χ2n) is 11.0. The molecule has 2 N–H and O–H groups in total. The number of carbonyl (C=O) groups excluding carboxylic acids is 1. The molecule has 222 valence electrons. The number of carbonyl (C=O) groups is 2. The topological polar surface area (TPSA) is 97.8 Å². The van der Waals surface area contributed by atoms with Gasteiger partial charge in [0, 0.05) is 18.7 Å². The molecule has 2 aromatic carbocycles. The van der Waals surface area contributed by atoms with Crippen molar-refractivity contribution in [2.45, 2.75) is 77.9 Å². The van der Waals surface area contributed by atoms with Crippen LogP contribution in [0.1, 0.15) is 81.3 Å². The largest absolute Gasteiger partial charge is 0.490 e. The van der Waals surface area contributed by atoms with Gasteiger partial charge in [-0.2, -0.15) is 0 Å². The van der Waals surface area contributed by atoms with E-state index >= 15 is 0 Å². The Morgan fingerprint density at radius 3 is 2.48 bits per heavy atom. The van der Waals surface area contributed by atoms with Crippen molar-refractivity contribution in [1.82, 2.24) is 4.98 Å². The lowest BCUT2D eigenvalue weighted by molar-refractivity contribution is -0.151. The first kappa shape index (κ1) is 31.0. The van der Waals surface area contributed by atoms with Crippen molar-refractivity contribution in [3.05, 3.63) is 89.2 Å². The number of hydrogen-bond acceptors (Lipinski definition) is 5. The van der Waals surface area contributed by atoms with E-state index in [1.165, 1.54) is 18.4 Å². The first-order valence-corrected chi connectivity index (χ1v) is 15.0. The summed E-state index contributed by atoms with van der Waals surface area (Å²) >= 11 is 0. The monoisotopic (exact) mass is 570 g/mol. The number of carboxylic acids is 1. The fourth-order valence-corrected chi connectivity index (χ4v) is 4.79. The Kier molecular flexibility index (Phi) is 11.3. The minimum atomic E-state index is -1.04. The van der Waals surface area contributed by atoms with Crippen molar-refractivity contribution in [3.63, 3.8) is 0 Å². The van der Waals surface area contributed by atoms with Crippen LogP contribution in [-0.4, -0.2) is 34.7 Å². The fraction of sp³-hybridized carbons (Fsp3) is 0.400. The molecule has 1 heterocycles. The molecular formula is C35H42N2O5. The van der Waals surface area contributed by atoms with E-state index in [0.717, 1.165) is 42.0 Å². The third kappa shape index (κ3) is 9.55. The Balaban J connectivity index is 1.20. The summed E-state index contributed by atoms with van der Waals surface area (Å²) in [5.41, 5.74) is 3.50. The van der Waals surface area contributed by atoms with Crippen LogP contribution < -0.4 is 10.1 Å². The third-order valence-electron chi connectivity index (χ3n) is 7.76. The Hall–Kier alpha value is -3.97. The van der Waals surface area contributed by atoms with Gasteiger partial charge in [0.1, 0.15) is 5.75 Å². The van der Waals surface area contributed by atoms with E-state index in [9.17, 15) is 14.7 Å². The Labute approximate surface area is 249 Å². The molecule has 0 bridgehead atoms. The van der Waals surface area contributed by atoms with E-state index < -0.39 is 11.4 Å². The van der Waals surface area contributed by atoms with Crippen LogP contribution >= 0.6 is 0 Å². The smallest absolute Gasteiger partial charge is 0.310 e. The Morgan fingerprint density at radius 2 is 1.76 bits per heavy atom. The predicted molar refractivity (Wildman–Crippen MR) is 166 cm³/mol. The molecule has 1 saturated carbocycles. The van der Waals surface area contributed by atoms with Gasteiger partial charge < -0.3 is 19.9 Å². The molecule has 1 fully saturated rings. The van der Waals surface area contributed by atoms with Gasteiger partial charge in [-0.05, 0) is 98.5 Å². The molecule has 0 saturated heterocycles. The van der Waals surface area contributed by atoms with Crippen LogP contribution in [0.3, 0.4) is 0 Å². The summed E-state index contributed by atoms with van der Waals surface area (Å²) in [6, 6.07) is 21.8. The number of pyridine rings is 1. The predicted octanol–water partition coefficient (Wildman–Crippen LogP) is 7.55. The number of ether oxygens (including phenoxy) is 2. The van der Waals surface area contributed by atoms with Gasteiger partial charge in [-0.15, -0.1) is 0 Å². The lowest BCUT2D eigenvalue weighted by atomic mass is 9.79. The van der Waals surface area contributed by atoms with E-state index in [1.54, 1.807) is 19.9 Å². The highest BCUT2D eigenvalue weighted by Gasteiger charge is 2.37. The Bertz CT molecular complexity index is 1340. The van der Waals surface area contributed by atoms with Crippen LogP contribution in [0.4, 0.5) is 5.69 Å². The first-order chi connectivity index (χ1) is 20.4. The van der Waals surface area contributed by atoms with Crippen molar-refractivity contribution in [1.29, 1.82) is 0 Å². The van der Waals surface area contributed by atoms with E-state index in [4.69, 9.17) is 9.47 Å². The number of hydrogen-bond donors (Lipinski definition) is 2. The normalized spacial score (nSPS) is 13.3. The Morgan fingerprint density at radius 1 is 1.00 bits per heavy atom. The molecule has 42 heavy (non-hydrogen) atoms. The summed E-state index contributed by atoms with van der Waals surface area (Å²) in [6.07, 6.45) is 10.5. The standard InChI is InChI=1S/C35H42N2O5/c1-3-35(4-2,34(39)40)24-33(38)37-29-12-7-10-27(23-29)14-17-28-11-8-13-30(36-28)25-41-22-6-5-9-26-15-18-31(19-16-26)42-32-20-21-32/h7-8,10-19,23,32H,3-6,9,20-22,24-25H2,1-2H3,(H,37,38)(H,39,40)/b17-14+. The molecule has 7 heteroatoms. The summed E-state index contributed by atoms with van der Waals surface area (Å²) in [5.74, 6) is -0.267. The number of amides is 1. The SMILES string of the molecule is CCC(CC)(CC(=O)Nc1cccc(/C=C/c2cccc(COCCCCc3ccc(OC4CC4)cc3)n2)c1)C(=O)O. The lowest BCUT2D eigenvalue weighted by Gasteiger charge is -2.25. The van der Waals surface area contributed by atoms with E-state index in [-0.39, 0.29) is 12.3 Å². The molecular weight excluding hydrogens is 528 g/mol. The second-order valence-corrected chi connectivity index (χ2v) is 11.0. The van der Waals surface area contributed by atoms with Gasteiger partial charge in [0.05, 0.1) is 29.5 Å². The average molecular weight is 571 g/mol. The van der Waals surface area contributed by atoms with Crippen molar-refractivity contribution >= 4 is 29.7 Å². The van der Waals surface area contributed by atoms with E-state index in [0.29, 0.717) is 37.8 Å². The van der Waals surface area contributed by atoms with Crippen molar-refractivity contribution < 1.29 is 24.2 Å². The molecule has 0 atom stereocenters. The fourth-order valence-electron chi connectivity index (χ4n) is 4.79. The maximum Gasteiger partial charge on any atom is 0.310 e. The first-order valence-electron chi connectivity index (χ1n) is 15.0. The van der Waals surface area contributed by atoms with Crippen LogP contribution in [0.5, 0.6) is 5.75 Å². The van der Waals surface area contributed by atoms with Crippen LogP contribution in [0, 0.1) is 5.41 Å². The molecule has 1 aromatic heterocycles. The number of aliphatic carboxylic acids is 1. The van der Waals surface area contributed by atoms with Gasteiger partial charge in [-0.25, -0.2) is 0 Å². The maximum atomic E-state index is 12.6. The second kappa shape index (κ2) is 15.3. The minimum absolute atomic E-state index is 0.0574. The quantitative estimate of drug-likeness (QED) is 0.163. The third-order valence-corrected chi connectivity index (χ3v) is 7.76. The number of aryl methyl sites for hydroxylation is 1. The van der Waals surface area contributed by atoms with Gasteiger partial charge in [-0.3, -0.25) is 14.6 Å². The molecule has 0 spiro atoms. The zero-order valence-corrected chi connectivity index (χ0v) is 24.7. The average Bonchev–Trinajstić information content (AvgIpc) is 3.82. The summed E-state index contributed by atoms with van der Waals surface area (Å²) in [7, 11) is 0.